The van der Waals surface area contributed by atoms with Crippen LogP contribution in [0.25, 0.3) is 11.0 Å². The molecule has 0 saturated carbocycles. The van der Waals surface area contributed by atoms with Gasteiger partial charge < -0.3 is 4.42 Å². The Hall–Kier alpha value is -0.950. The monoisotopic (exact) mass is 180 g/mol. The van der Waals surface area contributed by atoms with E-state index in [1.165, 1.54) is 0 Å². The maximum absolute atomic E-state index is 6.01. The average Bonchev–Trinajstić information content (AvgIpc) is 2.48. The highest BCUT2D eigenvalue weighted by molar-refractivity contribution is 6.32. The van der Waals surface area contributed by atoms with Crippen LogP contribution in [0.5, 0.6) is 0 Å². The summed E-state index contributed by atoms with van der Waals surface area (Å²) < 4.78 is 5.33. The van der Waals surface area contributed by atoms with Crippen molar-refractivity contribution in [2.45, 2.75) is 13.8 Å². The van der Waals surface area contributed by atoms with E-state index in [2.05, 4.69) is 0 Å². The number of halogens is 1. The fraction of sp³-hybridized carbons (Fsp3) is 0.200. The van der Waals surface area contributed by atoms with E-state index in [1.807, 2.05) is 26.0 Å². The van der Waals surface area contributed by atoms with Crippen molar-refractivity contribution >= 4 is 22.6 Å². The number of aryl methyl sites for hydroxylation is 2. The van der Waals surface area contributed by atoms with Crippen molar-refractivity contribution in [2.75, 3.05) is 0 Å². The topological polar surface area (TPSA) is 13.1 Å². The summed E-state index contributed by atoms with van der Waals surface area (Å²) in [6.45, 7) is 4.00. The lowest BCUT2D eigenvalue weighted by molar-refractivity contribution is 0.613. The Morgan fingerprint density at radius 3 is 2.83 bits per heavy atom. The second-order valence-corrected chi connectivity index (χ2v) is 3.37. The molecule has 2 heteroatoms. The second kappa shape index (κ2) is 2.53. The fourth-order valence-corrected chi connectivity index (χ4v) is 1.67. The molecule has 0 bridgehead atoms. The van der Waals surface area contributed by atoms with Crippen LogP contribution in [0.15, 0.2) is 22.8 Å². The molecule has 0 atom stereocenters. The van der Waals surface area contributed by atoms with Crippen LogP contribution in [-0.2, 0) is 0 Å². The van der Waals surface area contributed by atoms with E-state index in [0.29, 0.717) is 0 Å². The van der Waals surface area contributed by atoms with Crippen molar-refractivity contribution in [1.29, 1.82) is 0 Å². The maximum atomic E-state index is 6.01. The summed E-state index contributed by atoms with van der Waals surface area (Å²) >= 11 is 6.01. The molecule has 2 aromatic rings. The Labute approximate surface area is 75.9 Å². The predicted octanol–water partition coefficient (Wildman–Crippen LogP) is 3.70. The second-order valence-electron chi connectivity index (χ2n) is 2.96. The van der Waals surface area contributed by atoms with Crippen molar-refractivity contribution in [2.24, 2.45) is 0 Å². The molecule has 0 radical (unpaired) electrons. The van der Waals surface area contributed by atoms with Crippen molar-refractivity contribution in [1.82, 2.24) is 0 Å². The zero-order chi connectivity index (χ0) is 8.72. The molecule has 0 aliphatic carbocycles. The molecule has 1 aromatic carbocycles. The van der Waals surface area contributed by atoms with Gasteiger partial charge >= 0.3 is 0 Å². The molecule has 0 amide bonds. The lowest BCUT2D eigenvalue weighted by atomic mass is 10.1. The quantitative estimate of drug-likeness (QED) is 0.603. The van der Waals surface area contributed by atoms with Gasteiger partial charge in [0.05, 0.1) is 6.26 Å². The lowest BCUT2D eigenvalue weighted by Gasteiger charge is -2.01. The summed E-state index contributed by atoms with van der Waals surface area (Å²) in [4.78, 5) is 0. The van der Waals surface area contributed by atoms with Gasteiger partial charge in [-0.25, -0.2) is 0 Å². The zero-order valence-electron chi connectivity index (χ0n) is 7.02. The van der Waals surface area contributed by atoms with E-state index < -0.39 is 0 Å². The first-order valence-corrected chi connectivity index (χ1v) is 4.21. The van der Waals surface area contributed by atoms with Gasteiger partial charge in [-0.15, -0.1) is 0 Å². The molecule has 0 aliphatic heterocycles. The molecular formula is C10H9ClO. The molecule has 2 rings (SSSR count). The third kappa shape index (κ3) is 0.935. The van der Waals surface area contributed by atoms with Crippen molar-refractivity contribution in [3.63, 3.8) is 0 Å². The van der Waals surface area contributed by atoms with Crippen LogP contribution in [0, 0.1) is 13.8 Å². The standard InChI is InChI=1S/C10H9ClO/c1-6-5-9(11)7(2)8-3-4-12-10(6)8/h3-5H,1-2H3. The summed E-state index contributed by atoms with van der Waals surface area (Å²) in [6, 6.07) is 3.88. The highest BCUT2D eigenvalue weighted by Crippen LogP contribution is 2.28. The van der Waals surface area contributed by atoms with Crippen LogP contribution in [0.2, 0.25) is 5.02 Å². The van der Waals surface area contributed by atoms with Gasteiger partial charge in [-0.2, -0.15) is 0 Å². The minimum atomic E-state index is 0.807. The summed E-state index contributed by atoms with van der Waals surface area (Å²) in [5.74, 6) is 0. The van der Waals surface area contributed by atoms with Crippen molar-refractivity contribution in [3.8, 4) is 0 Å². The molecule has 0 unspecified atom stereocenters. The third-order valence-corrected chi connectivity index (χ3v) is 2.52. The number of rotatable bonds is 0. The molecule has 0 spiro atoms. The molecular weight excluding hydrogens is 172 g/mol. The van der Waals surface area contributed by atoms with Crippen LogP contribution in [0.4, 0.5) is 0 Å². The van der Waals surface area contributed by atoms with Crippen LogP contribution in [0.3, 0.4) is 0 Å². The van der Waals surface area contributed by atoms with E-state index in [1.54, 1.807) is 6.26 Å². The predicted molar refractivity (Wildman–Crippen MR) is 50.7 cm³/mol. The first-order chi connectivity index (χ1) is 5.70. The Balaban J connectivity index is 2.97. The summed E-state index contributed by atoms with van der Waals surface area (Å²) in [6.07, 6.45) is 1.70. The van der Waals surface area contributed by atoms with Gasteiger partial charge in [0.15, 0.2) is 0 Å². The van der Waals surface area contributed by atoms with Crippen LogP contribution in [-0.4, -0.2) is 0 Å². The lowest BCUT2D eigenvalue weighted by Crippen LogP contribution is -1.80. The minimum Gasteiger partial charge on any atom is -0.464 e. The van der Waals surface area contributed by atoms with Gasteiger partial charge in [0.25, 0.3) is 0 Å². The van der Waals surface area contributed by atoms with Crippen LogP contribution < -0.4 is 0 Å². The SMILES string of the molecule is Cc1c(Cl)cc(C)c2occc12. The molecule has 0 fully saturated rings. The van der Waals surface area contributed by atoms with E-state index in [4.69, 9.17) is 16.0 Å². The molecule has 1 aromatic heterocycles. The van der Waals surface area contributed by atoms with Gasteiger partial charge in [-0.05, 0) is 37.1 Å². The molecule has 0 saturated heterocycles. The van der Waals surface area contributed by atoms with Gasteiger partial charge in [0.1, 0.15) is 5.58 Å². The van der Waals surface area contributed by atoms with E-state index in [-0.39, 0.29) is 0 Å². The van der Waals surface area contributed by atoms with Gasteiger partial charge in [-0.1, -0.05) is 11.6 Å². The smallest absolute Gasteiger partial charge is 0.137 e. The van der Waals surface area contributed by atoms with Crippen molar-refractivity contribution < 1.29 is 4.42 Å². The summed E-state index contributed by atoms with van der Waals surface area (Å²) in [5, 5.41) is 1.92. The summed E-state index contributed by atoms with van der Waals surface area (Å²) in [7, 11) is 0. The van der Waals surface area contributed by atoms with E-state index in [9.17, 15) is 0 Å². The minimum absolute atomic E-state index is 0.807. The average molecular weight is 181 g/mol. The molecule has 62 valence electrons. The number of fused-ring (bicyclic) bond motifs is 1. The Bertz CT molecular complexity index is 429. The van der Waals surface area contributed by atoms with Crippen molar-refractivity contribution in [3.05, 3.63) is 34.5 Å². The Morgan fingerprint density at radius 2 is 2.08 bits per heavy atom. The highest BCUT2D eigenvalue weighted by Gasteiger charge is 2.06. The van der Waals surface area contributed by atoms with E-state index in [0.717, 1.165) is 27.1 Å². The molecule has 1 heterocycles. The summed E-state index contributed by atoms with van der Waals surface area (Å²) in [5.41, 5.74) is 3.12. The highest BCUT2D eigenvalue weighted by atomic mass is 35.5. The third-order valence-electron chi connectivity index (χ3n) is 2.13. The molecule has 1 nitrogen and oxygen atoms in total. The zero-order valence-corrected chi connectivity index (χ0v) is 7.77. The number of hydrogen-bond acceptors (Lipinski definition) is 1. The van der Waals surface area contributed by atoms with Crippen LogP contribution >= 0.6 is 11.6 Å². The van der Waals surface area contributed by atoms with Gasteiger partial charge in [0, 0.05) is 10.4 Å². The number of benzene rings is 1. The van der Waals surface area contributed by atoms with Gasteiger partial charge in [-0.3, -0.25) is 0 Å². The normalized spacial score (nSPS) is 10.9. The van der Waals surface area contributed by atoms with Crippen LogP contribution in [0.1, 0.15) is 11.1 Å². The fourth-order valence-electron chi connectivity index (χ4n) is 1.40. The number of hydrogen-bond donors (Lipinski definition) is 0. The van der Waals surface area contributed by atoms with E-state index >= 15 is 0 Å². The largest absolute Gasteiger partial charge is 0.464 e. The number of furan rings is 1. The molecule has 0 N–H and O–H groups in total. The molecule has 12 heavy (non-hydrogen) atoms. The van der Waals surface area contributed by atoms with Gasteiger partial charge in [0.2, 0.25) is 0 Å². The molecule has 0 aliphatic rings. The first kappa shape index (κ1) is 7.69. The Morgan fingerprint density at radius 1 is 1.33 bits per heavy atom. The maximum Gasteiger partial charge on any atom is 0.137 e. The first-order valence-electron chi connectivity index (χ1n) is 3.83. The Kier molecular flexibility index (Phi) is 1.62.